The molecule has 0 bridgehead atoms. The highest BCUT2D eigenvalue weighted by atomic mass is 16.2. The summed E-state index contributed by atoms with van der Waals surface area (Å²) in [5, 5.41) is 0. The van der Waals surface area contributed by atoms with Crippen molar-refractivity contribution in [1.82, 2.24) is 4.90 Å². The molecule has 0 fully saturated rings. The largest absolute Gasteiger partial charge is 0.338 e. The van der Waals surface area contributed by atoms with Crippen LogP contribution in [0.1, 0.15) is 30.9 Å². The van der Waals surface area contributed by atoms with Crippen LogP contribution in [-0.4, -0.2) is 29.8 Å². The molecule has 0 aromatic heterocycles. The van der Waals surface area contributed by atoms with E-state index in [9.17, 15) is 9.59 Å². The van der Waals surface area contributed by atoms with Crippen molar-refractivity contribution in [2.45, 2.75) is 32.7 Å². The maximum atomic E-state index is 12.7. The first-order valence-electron chi connectivity index (χ1n) is 8.83. The first-order valence-corrected chi connectivity index (χ1v) is 8.83. The highest BCUT2D eigenvalue weighted by Crippen LogP contribution is 2.27. The second-order valence-electron chi connectivity index (χ2n) is 6.45. The van der Waals surface area contributed by atoms with E-state index in [-0.39, 0.29) is 11.8 Å². The Hall–Kier alpha value is -2.62. The number of para-hydroxylation sites is 1. The highest BCUT2D eigenvalue weighted by Gasteiger charge is 2.22. The Bertz CT molecular complexity index is 743. The number of carbonyl (C=O) groups excluding carboxylic acids is 2. The molecule has 25 heavy (non-hydrogen) atoms. The number of amides is 2. The van der Waals surface area contributed by atoms with Crippen LogP contribution >= 0.6 is 0 Å². The van der Waals surface area contributed by atoms with E-state index >= 15 is 0 Å². The summed E-state index contributed by atoms with van der Waals surface area (Å²) >= 11 is 0. The number of fused-ring (bicyclic) bond motifs is 1. The SMILES string of the molecule is CC(=O)N(CCC(=O)N1CCCc2ccccc21)Cc1ccccc1. The molecule has 0 saturated heterocycles. The molecule has 0 aliphatic carbocycles. The van der Waals surface area contributed by atoms with Gasteiger partial charge in [0.1, 0.15) is 0 Å². The summed E-state index contributed by atoms with van der Waals surface area (Å²) in [6, 6.07) is 18.0. The first kappa shape index (κ1) is 17.2. The van der Waals surface area contributed by atoms with Crippen molar-refractivity contribution in [2.75, 3.05) is 18.0 Å². The zero-order chi connectivity index (χ0) is 17.6. The van der Waals surface area contributed by atoms with Crippen molar-refractivity contribution in [3.63, 3.8) is 0 Å². The molecule has 0 spiro atoms. The van der Waals surface area contributed by atoms with Gasteiger partial charge in [0.2, 0.25) is 11.8 Å². The number of anilines is 1. The Morgan fingerprint density at radius 1 is 1.04 bits per heavy atom. The molecule has 130 valence electrons. The summed E-state index contributed by atoms with van der Waals surface area (Å²) in [4.78, 5) is 28.3. The molecule has 0 saturated carbocycles. The van der Waals surface area contributed by atoms with Crippen LogP contribution in [0.3, 0.4) is 0 Å². The Labute approximate surface area is 149 Å². The van der Waals surface area contributed by atoms with Crippen LogP contribution in [0.15, 0.2) is 54.6 Å². The number of hydrogen-bond donors (Lipinski definition) is 0. The summed E-state index contributed by atoms with van der Waals surface area (Å²) in [7, 11) is 0. The second-order valence-corrected chi connectivity index (χ2v) is 6.45. The van der Waals surface area contributed by atoms with E-state index in [4.69, 9.17) is 0 Å². The Morgan fingerprint density at radius 2 is 1.76 bits per heavy atom. The zero-order valence-electron chi connectivity index (χ0n) is 14.6. The molecule has 3 rings (SSSR count). The molecule has 2 aromatic carbocycles. The summed E-state index contributed by atoms with van der Waals surface area (Å²) in [5.41, 5.74) is 3.33. The minimum Gasteiger partial charge on any atom is -0.338 e. The average Bonchev–Trinajstić information content (AvgIpc) is 2.65. The lowest BCUT2D eigenvalue weighted by molar-refractivity contribution is -0.130. The molecule has 0 radical (unpaired) electrons. The standard InChI is InChI=1S/C21H24N2O2/c1-17(24)22(16-18-8-3-2-4-9-18)15-13-21(25)23-14-7-11-19-10-5-6-12-20(19)23/h2-6,8-10,12H,7,11,13-16H2,1H3. The molecule has 4 nitrogen and oxygen atoms in total. The van der Waals surface area contributed by atoms with Crippen molar-refractivity contribution in [3.8, 4) is 0 Å². The van der Waals surface area contributed by atoms with Gasteiger partial charge in [0.05, 0.1) is 0 Å². The van der Waals surface area contributed by atoms with E-state index in [0.717, 1.165) is 30.6 Å². The van der Waals surface area contributed by atoms with E-state index in [1.807, 2.05) is 53.4 Å². The van der Waals surface area contributed by atoms with E-state index in [2.05, 4.69) is 6.07 Å². The maximum absolute atomic E-state index is 12.7. The third kappa shape index (κ3) is 4.27. The fourth-order valence-corrected chi connectivity index (χ4v) is 3.31. The quantitative estimate of drug-likeness (QED) is 0.839. The van der Waals surface area contributed by atoms with Gasteiger partial charge < -0.3 is 9.80 Å². The molecule has 2 aromatic rings. The Balaban J connectivity index is 1.63. The van der Waals surface area contributed by atoms with E-state index in [1.54, 1.807) is 11.8 Å². The van der Waals surface area contributed by atoms with Gasteiger partial charge in [-0.25, -0.2) is 0 Å². The molecule has 0 unspecified atom stereocenters. The van der Waals surface area contributed by atoms with Crippen molar-refractivity contribution in [3.05, 3.63) is 65.7 Å². The third-order valence-electron chi connectivity index (χ3n) is 4.67. The minimum absolute atomic E-state index is 0.00398. The fourth-order valence-electron chi connectivity index (χ4n) is 3.31. The van der Waals surface area contributed by atoms with Crippen LogP contribution in [-0.2, 0) is 22.6 Å². The summed E-state index contributed by atoms with van der Waals surface area (Å²) in [5.74, 6) is 0.0853. The number of carbonyl (C=O) groups is 2. The summed E-state index contributed by atoms with van der Waals surface area (Å²) in [6.45, 7) is 3.31. The predicted molar refractivity (Wildman–Crippen MR) is 99.3 cm³/mol. The molecule has 4 heteroatoms. The fraction of sp³-hybridized carbons (Fsp3) is 0.333. The molecule has 2 amide bonds. The van der Waals surface area contributed by atoms with Crippen LogP contribution in [0.4, 0.5) is 5.69 Å². The topological polar surface area (TPSA) is 40.6 Å². The Morgan fingerprint density at radius 3 is 2.52 bits per heavy atom. The second kappa shape index (κ2) is 7.97. The van der Waals surface area contributed by atoms with E-state index < -0.39 is 0 Å². The van der Waals surface area contributed by atoms with Gasteiger partial charge in [-0.15, -0.1) is 0 Å². The maximum Gasteiger partial charge on any atom is 0.228 e. The van der Waals surface area contributed by atoms with Crippen molar-refractivity contribution in [2.24, 2.45) is 0 Å². The van der Waals surface area contributed by atoms with E-state index in [1.165, 1.54) is 5.56 Å². The number of nitrogens with zero attached hydrogens (tertiary/aromatic N) is 2. The van der Waals surface area contributed by atoms with Gasteiger partial charge in [0.25, 0.3) is 0 Å². The van der Waals surface area contributed by atoms with Crippen LogP contribution in [0.5, 0.6) is 0 Å². The lowest BCUT2D eigenvalue weighted by Gasteiger charge is -2.30. The van der Waals surface area contributed by atoms with Gasteiger partial charge in [0, 0.05) is 38.7 Å². The van der Waals surface area contributed by atoms with Crippen molar-refractivity contribution >= 4 is 17.5 Å². The van der Waals surface area contributed by atoms with Crippen molar-refractivity contribution < 1.29 is 9.59 Å². The van der Waals surface area contributed by atoms with Crippen LogP contribution < -0.4 is 4.90 Å². The molecule has 0 atom stereocenters. The molecular formula is C21H24N2O2. The van der Waals surface area contributed by atoms with E-state index in [0.29, 0.717) is 19.5 Å². The summed E-state index contributed by atoms with van der Waals surface area (Å²) < 4.78 is 0. The van der Waals surface area contributed by atoms with Gasteiger partial charge >= 0.3 is 0 Å². The number of benzene rings is 2. The van der Waals surface area contributed by atoms with Gasteiger partial charge in [-0.1, -0.05) is 48.5 Å². The summed E-state index contributed by atoms with van der Waals surface area (Å²) in [6.07, 6.45) is 2.36. The monoisotopic (exact) mass is 336 g/mol. The molecule has 1 heterocycles. The molecule has 1 aliphatic heterocycles. The number of hydrogen-bond acceptors (Lipinski definition) is 2. The van der Waals surface area contributed by atoms with Crippen LogP contribution in [0.25, 0.3) is 0 Å². The molecular weight excluding hydrogens is 312 g/mol. The predicted octanol–water partition coefficient (Wildman–Crippen LogP) is 3.40. The van der Waals surface area contributed by atoms with Crippen LogP contribution in [0.2, 0.25) is 0 Å². The van der Waals surface area contributed by atoms with Gasteiger partial charge in [-0.3, -0.25) is 9.59 Å². The number of rotatable bonds is 5. The lowest BCUT2D eigenvalue weighted by atomic mass is 10.0. The smallest absolute Gasteiger partial charge is 0.228 e. The van der Waals surface area contributed by atoms with Crippen molar-refractivity contribution in [1.29, 1.82) is 0 Å². The Kier molecular flexibility index (Phi) is 5.49. The third-order valence-corrected chi connectivity index (χ3v) is 4.67. The highest BCUT2D eigenvalue weighted by molar-refractivity contribution is 5.94. The average molecular weight is 336 g/mol. The minimum atomic E-state index is -0.00398. The molecule has 0 N–H and O–H groups in total. The van der Waals surface area contributed by atoms with Gasteiger partial charge in [-0.05, 0) is 30.0 Å². The normalized spacial score (nSPS) is 13.2. The van der Waals surface area contributed by atoms with Gasteiger partial charge in [-0.2, -0.15) is 0 Å². The zero-order valence-corrected chi connectivity index (χ0v) is 14.6. The van der Waals surface area contributed by atoms with Crippen LogP contribution in [0, 0.1) is 0 Å². The molecule has 1 aliphatic rings. The first-order chi connectivity index (χ1) is 12.1. The number of aryl methyl sites for hydroxylation is 1. The lowest BCUT2D eigenvalue weighted by Crippen LogP contribution is -2.38. The van der Waals surface area contributed by atoms with Gasteiger partial charge in [0.15, 0.2) is 0 Å².